The second-order valence-electron chi connectivity index (χ2n) is 14.3. The Hall–Kier alpha value is -4.48. The Morgan fingerprint density at radius 1 is 0.979 bits per heavy atom. The molecule has 4 aromatic rings. The van der Waals surface area contributed by atoms with Gasteiger partial charge < -0.3 is 24.1 Å². The van der Waals surface area contributed by atoms with Gasteiger partial charge in [-0.2, -0.15) is 0 Å². The van der Waals surface area contributed by atoms with Gasteiger partial charge in [0, 0.05) is 75.4 Å². The van der Waals surface area contributed by atoms with Crippen LogP contribution in [0, 0.1) is 6.92 Å². The van der Waals surface area contributed by atoms with E-state index in [2.05, 4.69) is 38.7 Å². The molecule has 248 valence electrons. The van der Waals surface area contributed by atoms with Crippen LogP contribution in [-0.2, 0) is 18.3 Å². The van der Waals surface area contributed by atoms with E-state index in [1.165, 1.54) is 30.5 Å². The first-order valence-corrected chi connectivity index (χ1v) is 17.4. The molecular formula is C37H42N8O3. The van der Waals surface area contributed by atoms with Crippen LogP contribution in [-0.4, -0.2) is 81.4 Å². The second-order valence-corrected chi connectivity index (χ2v) is 14.3. The molecule has 2 saturated heterocycles. The highest BCUT2D eigenvalue weighted by Crippen LogP contribution is 2.54. The molecule has 7 heterocycles. The Balaban J connectivity index is 0.952. The summed E-state index contributed by atoms with van der Waals surface area (Å²) in [7, 11) is 1.76. The molecule has 3 fully saturated rings. The maximum Gasteiger partial charge on any atom is 0.276 e. The summed E-state index contributed by atoms with van der Waals surface area (Å²) < 4.78 is 9.28. The summed E-state index contributed by atoms with van der Waals surface area (Å²) in [6.45, 7) is 10.3. The van der Waals surface area contributed by atoms with Crippen LogP contribution in [0.4, 0.5) is 23.0 Å². The van der Waals surface area contributed by atoms with Gasteiger partial charge in [-0.15, -0.1) is 0 Å². The lowest BCUT2D eigenvalue weighted by Crippen LogP contribution is -2.59. The third kappa shape index (κ3) is 4.69. The van der Waals surface area contributed by atoms with E-state index in [1.807, 2.05) is 42.4 Å². The summed E-state index contributed by atoms with van der Waals surface area (Å²) in [6, 6.07) is 10.9. The zero-order chi connectivity index (χ0) is 32.7. The van der Waals surface area contributed by atoms with Crippen molar-refractivity contribution in [1.82, 2.24) is 24.0 Å². The van der Waals surface area contributed by atoms with Gasteiger partial charge in [-0.05, 0) is 86.1 Å². The first-order valence-electron chi connectivity index (χ1n) is 17.4. The zero-order valence-corrected chi connectivity index (χ0v) is 27.9. The standard InChI is InChI=1S/C37H42N8O3/c1-22-18-42(28-20-48-21-28)10-11-43(22)27-6-7-33(39-17-27)40-31-15-26(19-41(3)36(31)46)29-8-9-38-35(23(29)2)45-13-12-44-32(37(45)47)16-30-24-4-5-25(14-24)34(30)44/h6-9,15-17,19,22,24-25,28H,4-5,10-14,18,20-21H2,1-3H3,(H,39,40)/t22-,24+,25-/m0/s1. The number of fused-ring (bicyclic) bond motifs is 7. The molecule has 48 heavy (non-hydrogen) atoms. The molecule has 2 aliphatic carbocycles. The summed E-state index contributed by atoms with van der Waals surface area (Å²) in [5, 5.41) is 3.28. The quantitative estimate of drug-likeness (QED) is 0.324. The number of pyridine rings is 3. The van der Waals surface area contributed by atoms with E-state index < -0.39 is 0 Å². The minimum Gasteiger partial charge on any atom is -0.378 e. The molecule has 1 amide bonds. The summed E-state index contributed by atoms with van der Waals surface area (Å²) >= 11 is 0. The molecule has 5 aliphatic rings. The van der Waals surface area contributed by atoms with Crippen molar-refractivity contribution in [2.75, 3.05) is 54.5 Å². The number of anilines is 4. The molecule has 1 saturated carbocycles. The van der Waals surface area contributed by atoms with E-state index >= 15 is 0 Å². The lowest BCUT2D eigenvalue weighted by Gasteiger charge is -2.46. The highest BCUT2D eigenvalue weighted by Gasteiger charge is 2.43. The van der Waals surface area contributed by atoms with E-state index in [0.717, 1.165) is 67.5 Å². The van der Waals surface area contributed by atoms with Crippen LogP contribution in [0.1, 0.15) is 65.3 Å². The Labute approximate surface area is 280 Å². The summed E-state index contributed by atoms with van der Waals surface area (Å²) in [6.07, 6.45) is 9.23. The van der Waals surface area contributed by atoms with Crippen LogP contribution >= 0.6 is 0 Å². The van der Waals surface area contributed by atoms with Gasteiger partial charge in [0.25, 0.3) is 11.5 Å². The number of nitrogens with zero attached hydrogens (tertiary/aromatic N) is 7. The first-order chi connectivity index (χ1) is 23.3. The van der Waals surface area contributed by atoms with Crippen LogP contribution in [0.3, 0.4) is 0 Å². The van der Waals surface area contributed by atoms with E-state index in [0.29, 0.717) is 47.8 Å². The second kappa shape index (κ2) is 11.3. The maximum atomic E-state index is 13.9. The third-order valence-electron chi connectivity index (χ3n) is 11.5. The lowest BCUT2D eigenvalue weighted by atomic mass is 9.98. The molecule has 9 rings (SSSR count). The molecule has 4 aromatic heterocycles. The average Bonchev–Trinajstić information content (AvgIpc) is 3.78. The van der Waals surface area contributed by atoms with Crippen molar-refractivity contribution < 1.29 is 9.53 Å². The summed E-state index contributed by atoms with van der Waals surface area (Å²) in [5.41, 5.74) is 7.68. The van der Waals surface area contributed by atoms with E-state index in [-0.39, 0.29) is 11.5 Å². The van der Waals surface area contributed by atoms with E-state index in [1.54, 1.807) is 17.8 Å². The van der Waals surface area contributed by atoms with Crippen LogP contribution in [0.15, 0.2) is 53.7 Å². The van der Waals surface area contributed by atoms with Crippen LogP contribution in [0.2, 0.25) is 0 Å². The molecule has 0 spiro atoms. The Bertz CT molecular complexity index is 1980. The van der Waals surface area contributed by atoms with Crippen molar-refractivity contribution in [3.63, 3.8) is 0 Å². The normalized spacial score (nSPS) is 23.7. The number of hydrogen-bond acceptors (Lipinski definition) is 8. The molecular weight excluding hydrogens is 604 g/mol. The number of amides is 1. The summed E-state index contributed by atoms with van der Waals surface area (Å²) in [5.74, 6) is 2.53. The lowest BCUT2D eigenvalue weighted by molar-refractivity contribution is -0.0691. The zero-order valence-electron chi connectivity index (χ0n) is 27.9. The molecule has 0 aromatic carbocycles. The van der Waals surface area contributed by atoms with Gasteiger partial charge in [0.05, 0.1) is 31.1 Å². The van der Waals surface area contributed by atoms with E-state index in [9.17, 15) is 9.59 Å². The number of nitrogens with one attached hydrogen (secondary N) is 1. The minimum absolute atomic E-state index is 0.0179. The largest absolute Gasteiger partial charge is 0.378 e. The van der Waals surface area contributed by atoms with Crippen LogP contribution in [0.5, 0.6) is 0 Å². The fourth-order valence-corrected chi connectivity index (χ4v) is 8.90. The highest BCUT2D eigenvalue weighted by atomic mass is 16.5. The van der Waals surface area contributed by atoms with Gasteiger partial charge in [-0.3, -0.25) is 19.4 Å². The number of aryl methyl sites for hydroxylation is 1. The number of carbonyl (C=O) groups is 1. The third-order valence-corrected chi connectivity index (χ3v) is 11.5. The van der Waals surface area contributed by atoms with Gasteiger partial charge in [-0.25, -0.2) is 9.97 Å². The fraction of sp³-hybridized carbons (Fsp3) is 0.459. The van der Waals surface area contributed by atoms with Crippen molar-refractivity contribution in [2.45, 2.75) is 63.6 Å². The van der Waals surface area contributed by atoms with Crippen LogP contribution < -0.4 is 20.7 Å². The van der Waals surface area contributed by atoms with Crippen molar-refractivity contribution in [3.8, 4) is 11.1 Å². The van der Waals surface area contributed by atoms with Gasteiger partial charge in [-0.1, -0.05) is 0 Å². The minimum atomic E-state index is -0.143. The van der Waals surface area contributed by atoms with Gasteiger partial charge in [0.1, 0.15) is 23.0 Å². The molecule has 0 radical (unpaired) electrons. The van der Waals surface area contributed by atoms with Gasteiger partial charge in [0.2, 0.25) is 0 Å². The molecule has 1 N–H and O–H groups in total. The fourth-order valence-electron chi connectivity index (χ4n) is 8.90. The summed E-state index contributed by atoms with van der Waals surface area (Å²) in [4.78, 5) is 43.4. The van der Waals surface area contributed by atoms with E-state index in [4.69, 9.17) is 14.7 Å². The van der Waals surface area contributed by atoms with Crippen LogP contribution in [0.25, 0.3) is 11.1 Å². The average molecular weight is 647 g/mol. The SMILES string of the molecule is Cc1c(-c2cc(Nc3ccc(N4CCN(C5COC5)C[C@@H]4C)cn3)c(=O)n(C)c2)ccnc1N1CCn2c(cc3c2[C@H]2CC[C@@H]3C2)C1=O. The number of piperazine rings is 1. The predicted molar refractivity (Wildman–Crippen MR) is 186 cm³/mol. The smallest absolute Gasteiger partial charge is 0.276 e. The molecule has 11 heteroatoms. The monoisotopic (exact) mass is 646 g/mol. The van der Waals surface area contributed by atoms with Crippen molar-refractivity contribution in [3.05, 3.63) is 81.8 Å². The number of hydrogen-bond donors (Lipinski definition) is 1. The molecule has 3 atom stereocenters. The first kappa shape index (κ1) is 29.6. The van der Waals surface area contributed by atoms with Crippen molar-refractivity contribution in [2.24, 2.45) is 7.05 Å². The van der Waals surface area contributed by atoms with Crippen molar-refractivity contribution in [1.29, 1.82) is 0 Å². The Morgan fingerprint density at radius 2 is 1.83 bits per heavy atom. The maximum absolute atomic E-state index is 13.9. The van der Waals surface area contributed by atoms with Crippen molar-refractivity contribution >= 4 is 28.9 Å². The topological polar surface area (TPSA) is 101 Å². The van der Waals surface area contributed by atoms with Gasteiger partial charge in [0.15, 0.2) is 0 Å². The number of rotatable bonds is 6. The Morgan fingerprint density at radius 3 is 2.60 bits per heavy atom. The number of carbonyl (C=O) groups excluding carboxylic acids is 1. The number of ether oxygens (including phenoxy) is 1. The van der Waals surface area contributed by atoms with Gasteiger partial charge >= 0.3 is 0 Å². The predicted octanol–water partition coefficient (Wildman–Crippen LogP) is 4.63. The molecule has 3 aliphatic heterocycles. The molecule has 0 unspecified atom stereocenters. The highest BCUT2D eigenvalue weighted by molar-refractivity contribution is 6.06. The molecule has 11 nitrogen and oxygen atoms in total. The Kier molecular flexibility index (Phi) is 6.98. The molecule has 2 bridgehead atoms. The number of aromatic nitrogens is 4.